The van der Waals surface area contributed by atoms with Crippen LogP contribution in [0.3, 0.4) is 0 Å². The van der Waals surface area contributed by atoms with Crippen LogP contribution < -0.4 is 10.5 Å². The fourth-order valence-electron chi connectivity index (χ4n) is 1.85. The van der Waals surface area contributed by atoms with Crippen LogP contribution in [0.5, 0.6) is 11.5 Å². The molecule has 0 spiro atoms. The number of hydrogen-bond donors (Lipinski definition) is 1. The number of nitrogen functional groups attached to an aromatic ring is 1. The number of ether oxygens (including phenoxy) is 1. The zero-order valence-corrected chi connectivity index (χ0v) is 11.8. The minimum Gasteiger partial charge on any atom is -0.452 e. The Hall–Kier alpha value is -2.08. The van der Waals surface area contributed by atoms with Gasteiger partial charge in [0, 0.05) is 28.8 Å². The van der Waals surface area contributed by atoms with Crippen molar-refractivity contribution in [1.29, 1.82) is 0 Å². The van der Waals surface area contributed by atoms with Crippen LogP contribution in [0.15, 0.2) is 41.3 Å². The molecular weight excluding hydrogens is 308 g/mol. The van der Waals surface area contributed by atoms with E-state index >= 15 is 0 Å². The minimum absolute atomic E-state index is 0.657. The van der Waals surface area contributed by atoms with Crippen molar-refractivity contribution in [2.45, 2.75) is 0 Å². The number of anilines is 1. The van der Waals surface area contributed by atoms with Crippen LogP contribution in [0.25, 0.3) is 10.9 Å². The Kier molecular flexibility index (Phi) is 2.87. The number of fused-ring (bicyclic) bond motifs is 1. The van der Waals surface area contributed by atoms with E-state index in [9.17, 15) is 0 Å². The summed E-state index contributed by atoms with van der Waals surface area (Å²) < 4.78 is 8.35. The molecule has 1 aromatic carbocycles. The fraction of sp³-hybridized carbons (Fsp3) is 0.0769. The second-order valence-corrected chi connectivity index (χ2v) is 5.07. The van der Waals surface area contributed by atoms with Crippen molar-refractivity contribution < 1.29 is 4.74 Å². The largest absolute Gasteiger partial charge is 0.452 e. The normalized spacial score (nSPS) is 10.8. The first kappa shape index (κ1) is 12.0. The number of aryl methyl sites for hydroxylation is 1. The molecule has 6 heteroatoms. The van der Waals surface area contributed by atoms with Crippen molar-refractivity contribution in [2.24, 2.45) is 7.05 Å². The summed E-state index contributed by atoms with van der Waals surface area (Å²) in [5, 5.41) is 4.92. The van der Waals surface area contributed by atoms with E-state index in [1.807, 2.05) is 25.2 Å². The van der Waals surface area contributed by atoms with Gasteiger partial charge in [0.05, 0.1) is 12.4 Å². The zero-order valence-electron chi connectivity index (χ0n) is 10.2. The second kappa shape index (κ2) is 4.55. The highest BCUT2D eigenvalue weighted by molar-refractivity contribution is 9.10. The highest BCUT2D eigenvalue weighted by Gasteiger charge is 2.09. The van der Waals surface area contributed by atoms with Gasteiger partial charge in [0.2, 0.25) is 0 Å². The summed E-state index contributed by atoms with van der Waals surface area (Å²) >= 11 is 3.39. The maximum absolute atomic E-state index is 5.96. The van der Waals surface area contributed by atoms with E-state index in [2.05, 4.69) is 26.0 Å². The highest BCUT2D eigenvalue weighted by Crippen LogP contribution is 2.32. The van der Waals surface area contributed by atoms with Crippen molar-refractivity contribution in [3.05, 3.63) is 41.3 Å². The van der Waals surface area contributed by atoms with Gasteiger partial charge in [-0.3, -0.25) is 9.67 Å². The summed E-state index contributed by atoms with van der Waals surface area (Å²) in [6, 6.07) is 5.54. The van der Waals surface area contributed by atoms with Gasteiger partial charge in [-0.25, -0.2) is 0 Å². The molecule has 0 amide bonds. The van der Waals surface area contributed by atoms with E-state index in [4.69, 9.17) is 10.5 Å². The molecule has 0 atom stereocenters. The van der Waals surface area contributed by atoms with Gasteiger partial charge in [-0.05, 0) is 34.1 Å². The van der Waals surface area contributed by atoms with Crippen molar-refractivity contribution in [3.8, 4) is 11.5 Å². The van der Waals surface area contributed by atoms with E-state index in [1.54, 1.807) is 23.3 Å². The quantitative estimate of drug-likeness (QED) is 0.737. The summed E-state index contributed by atoms with van der Waals surface area (Å²) in [7, 11) is 1.84. The average molecular weight is 319 g/mol. The molecule has 0 unspecified atom stereocenters. The lowest BCUT2D eigenvalue weighted by Gasteiger charge is -2.08. The molecule has 96 valence electrons. The summed E-state index contributed by atoms with van der Waals surface area (Å²) in [6.07, 6.45) is 5.17. The van der Waals surface area contributed by atoms with E-state index in [-0.39, 0.29) is 0 Å². The molecule has 2 N–H and O–H groups in total. The first-order chi connectivity index (χ1) is 9.13. The van der Waals surface area contributed by atoms with E-state index < -0.39 is 0 Å². The molecule has 3 aromatic rings. The second-order valence-electron chi connectivity index (χ2n) is 4.15. The Morgan fingerprint density at radius 2 is 2.16 bits per heavy atom. The molecule has 3 rings (SSSR count). The molecule has 0 bridgehead atoms. The monoisotopic (exact) mass is 318 g/mol. The molecular formula is C13H11BrN4O. The number of nitrogens with two attached hydrogens (primary N) is 1. The molecule has 0 aliphatic carbocycles. The molecule has 0 saturated heterocycles. The third-order valence-corrected chi connectivity index (χ3v) is 3.16. The Bertz CT molecular complexity index is 753. The van der Waals surface area contributed by atoms with Crippen molar-refractivity contribution >= 4 is 32.5 Å². The molecule has 0 aliphatic heterocycles. The van der Waals surface area contributed by atoms with Gasteiger partial charge in [-0.15, -0.1) is 0 Å². The topological polar surface area (TPSA) is 66.0 Å². The van der Waals surface area contributed by atoms with E-state index in [0.717, 1.165) is 15.4 Å². The predicted octanol–water partition coefficient (Wildman–Crippen LogP) is 3.11. The van der Waals surface area contributed by atoms with Gasteiger partial charge in [-0.2, -0.15) is 5.10 Å². The molecule has 0 saturated carbocycles. The summed E-state index contributed by atoms with van der Waals surface area (Å²) in [5.41, 5.74) is 7.36. The Morgan fingerprint density at radius 3 is 2.89 bits per heavy atom. The Labute approximate surface area is 118 Å². The lowest BCUT2D eigenvalue weighted by Crippen LogP contribution is -1.92. The van der Waals surface area contributed by atoms with Crippen LogP contribution in [0.2, 0.25) is 0 Å². The molecule has 0 fully saturated rings. The van der Waals surface area contributed by atoms with Crippen LogP contribution in [0, 0.1) is 0 Å². The SMILES string of the molecule is Cn1cc(Oc2ccc(N)c3cc(Br)cnc23)cn1. The molecule has 19 heavy (non-hydrogen) atoms. The number of benzene rings is 1. The lowest BCUT2D eigenvalue weighted by molar-refractivity contribution is 0.486. The fourth-order valence-corrected chi connectivity index (χ4v) is 2.18. The van der Waals surface area contributed by atoms with Crippen LogP contribution in [0.1, 0.15) is 0 Å². The molecule has 2 aromatic heterocycles. The van der Waals surface area contributed by atoms with Gasteiger partial charge in [0.15, 0.2) is 11.5 Å². The van der Waals surface area contributed by atoms with Crippen LogP contribution in [-0.4, -0.2) is 14.8 Å². The van der Waals surface area contributed by atoms with Crippen molar-refractivity contribution in [3.63, 3.8) is 0 Å². The van der Waals surface area contributed by atoms with Crippen LogP contribution in [-0.2, 0) is 7.05 Å². The maximum atomic E-state index is 5.96. The minimum atomic E-state index is 0.657. The average Bonchev–Trinajstić information content (AvgIpc) is 2.79. The number of halogens is 1. The molecule has 0 aliphatic rings. The molecule has 5 nitrogen and oxygen atoms in total. The lowest BCUT2D eigenvalue weighted by atomic mass is 10.1. The number of aromatic nitrogens is 3. The maximum Gasteiger partial charge on any atom is 0.165 e. The van der Waals surface area contributed by atoms with Crippen LogP contribution in [0.4, 0.5) is 5.69 Å². The predicted molar refractivity (Wildman–Crippen MR) is 77.1 cm³/mol. The number of pyridine rings is 1. The van der Waals surface area contributed by atoms with Gasteiger partial charge in [0.25, 0.3) is 0 Å². The standard InChI is InChI=1S/C13H11BrN4O/c1-18-7-9(6-17-18)19-12-3-2-11(15)10-4-8(14)5-16-13(10)12/h2-7H,15H2,1H3. The third kappa shape index (κ3) is 2.26. The first-order valence-electron chi connectivity index (χ1n) is 5.64. The Morgan fingerprint density at radius 1 is 1.32 bits per heavy atom. The van der Waals surface area contributed by atoms with Gasteiger partial charge in [-0.1, -0.05) is 0 Å². The Balaban J connectivity index is 2.11. The van der Waals surface area contributed by atoms with E-state index in [1.165, 1.54) is 0 Å². The number of hydrogen-bond acceptors (Lipinski definition) is 4. The summed E-state index contributed by atoms with van der Waals surface area (Å²) in [4.78, 5) is 4.37. The van der Waals surface area contributed by atoms with E-state index in [0.29, 0.717) is 17.2 Å². The van der Waals surface area contributed by atoms with Gasteiger partial charge >= 0.3 is 0 Å². The smallest absolute Gasteiger partial charge is 0.165 e. The van der Waals surface area contributed by atoms with Gasteiger partial charge in [0.1, 0.15) is 5.52 Å². The summed E-state index contributed by atoms with van der Waals surface area (Å²) in [5.74, 6) is 1.32. The highest BCUT2D eigenvalue weighted by atomic mass is 79.9. The summed E-state index contributed by atoms with van der Waals surface area (Å²) in [6.45, 7) is 0. The number of nitrogens with zero attached hydrogens (tertiary/aromatic N) is 3. The van der Waals surface area contributed by atoms with Crippen molar-refractivity contribution in [2.75, 3.05) is 5.73 Å². The molecule has 0 radical (unpaired) electrons. The number of rotatable bonds is 2. The first-order valence-corrected chi connectivity index (χ1v) is 6.43. The zero-order chi connectivity index (χ0) is 13.4. The molecule has 2 heterocycles. The van der Waals surface area contributed by atoms with Crippen molar-refractivity contribution in [1.82, 2.24) is 14.8 Å². The third-order valence-electron chi connectivity index (χ3n) is 2.72. The van der Waals surface area contributed by atoms with Gasteiger partial charge < -0.3 is 10.5 Å². The van der Waals surface area contributed by atoms with Crippen LogP contribution >= 0.6 is 15.9 Å².